The summed E-state index contributed by atoms with van der Waals surface area (Å²) in [4.78, 5) is 18.7. The van der Waals surface area contributed by atoms with Crippen LogP contribution >= 0.6 is 0 Å². The molecule has 0 bridgehead atoms. The number of benzene rings is 2. The third kappa shape index (κ3) is 3.47. The predicted octanol–water partition coefficient (Wildman–Crippen LogP) is 3.84. The number of carboxylic acid groups (broad SMARTS) is 1. The predicted molar refractivity (Wildman–Crippen MR) is 96.1 cm³/mol. The molecule has 0 atom stereocenters. The van der Waals surface area contributed by atoms with Gasteiger partial charge in [-0.1, -0.05) is 18.2 Å². The molecule has 6 heteroatoms. The summed E-state index contributed by atoms with van der Waals surface area (Å²) >= 11 is 0. The standard InChI is InChI=1S/C19H18N2O4/c1-3-25-16-11-12(7-9-15(16)24-2)8-10-17-20-14-6-4-5-13(19(22)23)18(14)21-17/h4-11H,3H2,1-2H3,(H,20,21)(H,22,23). The van der Waals surface area contributed by atoms with E-state index in [0.717, 1.165) is 5.56 Å². The number of carboxylic acids is 1. The molecule has 0 aliphatic rings. The average molecular weight is 338 g/mol. The minimum Gasteiger partial charge on any atom is -0.493 e. The number of aromatic nitrogens is 2. The molecule has 0 saturated heterocycles. The maximum Gasteiger partial charge on any atom is 0.337 e. The van der Waals surface area contributed by atoms with Gasteiger partial charge >= 0.3 is 5.97 Å². The van der Waals surface area contributed by atoms with Crippen LogP contribution in [-0.2, 0) is 0 Å². The van der Waals surface area contributed by atoms with Crippen LogP contribution in [0.4, 0.5) is 0 Å². The Hall–Kier alpha value is -3.28. The van der Waals surface area contributed by atoms with E-state index in [-0.39, 0.29) is 5.56 Å². The van der Waals surface area contributed by atoms with Crippen LogP contribution in [-0.4, -0.2) is 34.8 Å². The highest BCUT2D eigenvalue weighted by Gasteiger charge is 2.11. The zero-order valence-corrected chi connectivity index (χ0v) is 13.9. The van der Waals surface area contributed by atoms with E-state index in [9.17, 15) is 9.90 Å². The molecule has 1 aromatic heterocycles. The fraction of sp³-hybridized carbons (Fsp3) is 0.158. The van der Waals surface area contributed by atoms with Gasteiger partial charge in [0.2, 0.25) is 0 Å². The van der Waals surface area contributed by atoms with Crippen molar-refractivity contribution in [1.82, 2.24) is 9.97 Å². The van der Waals surface area contributed by atoms with Crippen molar-refractivity contribution in [1.29, 1.82) is 0 Å². The molecule has 3 rings (SSSR count). The van der Waals surface area contributed by atoms with Crippen LogP contribution in [0.2, 0.25) is 0 Å². The van der Waals surface area contributed by atoms with Gasteiger partial charge in [0.1, 0.15) is 11.3 Å². The molecule has 0 spiro atoms. The lowest BCUT2D eigenvalue weighted by Crippen LogP contribution is -1.96. The Balaban J connectivity index is 1.92. The van der Waals surface area contributed by atoms with Crippen molar-refractivity contribution in [3.63, 3.8) is 0 Å². The van der Waals surface area contributed by atoms with E-state index in [1.54, 1.807) is 25.3 Å². The van der Waals surface area contributed by atoms with Crippen LogP contribution in [0.15, 0.2) is 36.4 Å². The SMILES string of the molecule is CCOc1cc(C=Cc2nc3c(C(=O)O)cccc3[nH]2)ccc1OC. The van der Waals surface area contributed by atoms with Crippen LogP contribution in [0.3, 0.4) is 0 Å². The lowest BCUT2D eigenvalue weighted by Gasteiger charge is -2.09. The summed E-state index contributed by atoms with van der Waals surface area (Å²) in [6, 6.07) is 10.7. The van der Waals surface area contributed by atoms with Crippen molar-refractivity contribution < 1.29 is 19.4 Å². The largest absolute Gasteiger partial charge is 0.493 e. The van der Waals surface area contributed by atoms with E-state index >= 15 is 0 Å². The first-order chi connectivity index (χ1) is 12.1. The lowest BCUT2D eigenvalue weighted by atomic mass is 10.2. The summed E-state index contributed by atoms with van der Waals surface area (Å²) in [5.74, 6) is 0.931. The van der Waals surface area contributed by atoms with Crippen molar-refractivity contribution >= 4 is 29.2 Å². The van der Waals surface area contributed by atoms with Crippen LogP contribution in [0.1, 0.15) is 28.7 Å². The number of rotatable bonds is 6. The van der Waals surface area contributed by atoms with Crippen molar-refractivity contribution in [3.05, 3.63) is 53.3 Å². The molecule has 1 heterocycles. The zero-order valence-electron chi connectivity index (χ0n) is 13.9. The van der Waals surface area contributed by atoms with E-state index in [4.69, 9.17) is 9.47 Å². The molecule has 2 aromatic carbocycles. The third-order valence-corrected chi connectivity index (χ3v) is 3.68. The first-order valence-corrected chi connectivity index (χ1v) is 7.83. The Kier molecular flexibility index (Phi) is 4.70. The minimum absolute atomic E-state index is 0.177. The van der Waals surface area contributed by atoms with Crippen molar-refractivity contribution in [3.8, 4) is 11.5 Å². The molecule has 0 unspecified atom stereocenters. The molecule has 25 heavy (non-hydrogen) atoms. The van der Waals surface area contributed by atoms with Crippen LogP contribution in [0, 0.1) is 0 Å². The normalized spacial score (nSPS) is 11.1. The molecule has 0 aliphatic heterocycles. The van der Waals surface area contributed by atoms with Gasteiger partial charge in [0.25, 0.3) is 0 Å². The van der Waals surface area contributed by atoms with Gasteiger partial charge < -0.3 is 19.6 Å². The molecular formula is C19H18N2O4. The van der Waals surface area contributed by atoms with Gasteiger partial charge in [-0.3, -0.25) is 0 Å². The quantitative estimate of drug-likeness (QED) is 0.713. The molecule has 0 saturated carbocycles. The Morgan fingerprint density at radius 3 is 2.80 bits per heavy atom. The van der Waals surface area contributed by atoms with E-state index in [1.807, 2.05) is 31.2 Å². The van der Waals surface area contributed by atoms with Crippen LogP contribution in [0.25, 0.3) is 23.2 Å². The summed E-state index contributed by atoms with van der Waals surface area (Å²) in [7, 11) is 1.60. The molecule has 0 aliphatic carbocycles. The maximum atomic E-state index is 11.3. The fourth-order valence-corrected chi connectivity index (χ4v) is 2.54. The number of fused-ring (bicyclic) bond motifs is 1. The molecule has 0 radical (unpaired) electrons. The second-order valence-corrected chi connectivity index (χ2v) is 5.31. The Morgan fingerprint density at radius 2 is 2.08 bits per heavy atom. The summed E-state index contributed by atoms with van der Waals surface area (Å²) in [6.07, 6.45) is 3.67. The number of nitrogens with zero attached hydrogens (tertiary/aromatic N) is 1. The first-order valence-electron chi connectivity index (χ1n) is 7.83. The van der Waals surface area contributed by atoms with E-state index < -0.39 is 5.97 Å². The number of carbonyl (C=O) groups is 1. The smallest absolute Gasteiger partial charge is 0.337 e. The number of methoxy groups -OCH3 is 1. The second-order valence-electron chi connectivity index (χ2n) is 5.31. The van der Waals surface area contributed by atoms with Gasteiger partial charge in [0.15, 0.2) is 11.5 Å². The Bertz CT molecular complexity index is 944. The number of imidazole rings is 1. The van der Waals surface area contributed by atoms with Gasteiger partial charge in [-0.2, -0.15) is 0 Å². The van der Waals surface area contributed by atoms with Crippen molar-refractivity contribution in [2.24, 2.45) is 0 Å². The number of aromatic carboxylic acids is 1. The Morgan fingerprint density at radius 1 is 1.24 bits per heavy atom. The van der Waals surface area contributed by atoms with E-state index in [0.29, 0.717) is 35.0 Å². The number of para-hydroxylation sites is 1. The van der Waals surface area contributed by atoms with Crippen LogP contribution < -0.4 is 9.47 Å². The number of aromatic amines is 1. The Labute approximate surface area is 144 Å². The molecule has 128 valence electrons. The van der Waals surface area contributed by atoms with E-state index in [1.165, 1.54) is 6.07 Å². The highest BCUT2D eigenvalue weighted by Crippen LogP contribution is 2.28. The van der Waals surface area contributed by atoms with Gasteiger partial charge in [0, 0.05) is 0 Å². The molecular weight excluding hydrogens is 320 g/mol. The lowest BCUT2D eigenvalue weighted by molar-refractivity contribution is 0.0699. The number of hydrogen-bond donors (Lipinski definition) is 2. The maximum absolute atomic E-state index is 11.3. The summed E-state index contributed by atoms with van der Waals surface area (Å²) in [5.41, 5.74) is 2.23. The van der Waals surface area contributed by atoms with Gasteiger partial charge in [-0.25, -0.2) is 9.78 Å². The molecule has 0 fully saturated rings. The topological polar surface area (TPSA) is 84.4 Å². The number of hydrogen-bond acceptors (Lipinski definition) is 4. The molecule has 0 amide bonds. The summed E-state index contributed by atoms with van der Waals surface area (Å²) < 4.78 is 10.8. The molecule has 2 N–H and O–H groups in total. The van der Waals surface area contributed by atoms with E-state index in [2.05, 4.69) is 9.97 Å². The van der Waals surface area contributed by atoms with Crippen molar-refractivity contribution in [2.75, 3.05) is 13.7 Å². The zero-order chi connectivity index (χ0) is 17.8. The number of H-pyrrole nitrogens is 1. The fourth-order valence-electron chi connectivity index (χ4n) is 2.54. The average Bonchev–Trinajstić information content (AvgIpc) is 3.03. The first kappa shape index (κ1) is 16.6. The summed E-state index contributed by atoms with van der Waals surface area (Å²) in [6.45, 7) is 2.46. The van der Waals surface area contributed by atoms with Gasteiger partial charge in [0.05, 0.1) is 24.8 Å². The summed E-state index contributed by atoms with van der Waals surface area (Å²) in [5, 5.41) is 9.23. The minimum atomic E-state index is -0.996. The monoisotopic (exact) mass is 338 g/mol. The van der Waals surface area contributed by atoms with Gasteiger partial charge in [-0.15, -0.1) is 0 Å². The highest BCUT2D eigenvalue weighted by molar-refractivity contribution is 6.01. The second kappa shape index (κ2) is 7.09. The molecule has 3 aromatic rings. The third-order valence-electron chi connectivity index (χ3n) is 3.68. The van der Waals surface area contributed by atoms with Crippen LogP contribution in [0.5, 0.6) is 11.5 Å². The number of nitrogens with one attached hydrogen (secondary N) is 1. The highest BCUT2D eigenvalue weighted by atomic mass is 16.5. The van der Waals surface area contributed by atoms with Crippen molar-refractivity contribution in [2.45, 2.75) is 6.92 Å². The number of ether oxygens (including phenoxy) is 2. The molecule has 6 nitrogen and oxygen atoms in total. The van der Waals surface area contributed by atoms with Gasteiger partial charge in [-0.05, 0) is 42.8 Å².